The van der Waals surface area contributed by atoms with Gasteiger partial charge in [-0.2, -0.15) is 0 Å². The van der Waals surface area contributed by atoms with Crippen molar-refractivity contribution in [2.45, 2.75) is 52.7 Å². The second-order valence-electron chi connectivity index (χ2n) is 4.73. The molecule has 0 spiro atoms. The Morgan fingerprint density at radius 3 is 2.65 bits per heavy atom. The zero-order chi connectivity index (χ0) is 12.9. The first kappa shape index (κ1) is 14.6. The van der Waals surface area contributed by atoms with Crippen LogP contribution in [-0.2, 0) is 11.2 Å². The van der Waals surface area contributed by atoms with Crippen molar-refractivity contribution in [3.63, 3.8) is 0 Å². The van der Waals surface area contributed by atoms with Gasteiger partial charge in [0.15, 0.2) is 0 Å². The van der Waals surface area contributed by atoms with Crippen molar-refractivity contribution in [2.24, 2.45) is 0 Å². The van der Waals surface area contributed by atoms with Gasteiger partial charge in [0, 0.05) is 30.1 Å². The lowest BCUT2D eigenvalue weighted by Gasteiger charge is -2.34. The van der Waals surface area contributed by atoms with E-state index in [9.17, 15) is 0 Å². The van der Waals surface area contributed by atoms with Crippen LogP contribution < -0.4 is 5.32 Å². The molecule has 1 N–H and O–H groups in total. The van der Waals surface area contributed by atoms with Crippen LogP contribution in [0.3, 0.4) is 0 Å². The van der Waals surface area contributed by atoms with Crippen molar-refractivity contribution in [1.82, 2.24) is 10.3 Å². The monoisotopic (exact) mass is 256 g/mol. The number of hydrogen-bond acceptors (Lipinski definition) is 4. The van der Waals surface area contributed by atoms with Crippen LogP contribution in [0.2, 0.25) is 0 Å². The van der Waals surface area contributed by atoms with Crippen LogP contribution >= 0.6 is 11.3 Å². The van der Waals surface area contributed by atoms with Gasteiger partial charge in [-0.3, -0.25) is 0 Å². The molecule has 0 fully saturated rings. The predicted molar refractivity (Wildman–Crippen MR) is 73.7 cm³/mol. The van der Waals surface area contributed by atoms with Gasteiger partial charge in [-0.15, -0.1) is 11.3 Å². The number of aromatic nitrogens is 1. The zero-order valence-electron chi connectivity index (χ0n) is 11.5. The average Bonchev–Trinajstić information content (AvgIpc) is 2.63. The number of thiazole rings is 1. The van der Waals surface area contributed by atoms with E-state index in [1.54, 1.807) is 11.3 Å². The van der Waals surface area contributed by atoms with E-state index in [-0.39, 0.29) is 5.60 Å². The minimum absolute atomic E-state index is 0.162. The van der Waals surface area contributed by atoms with Gasteiger partial charge in [0.25, 0.3) is 0 Å². The van der Waals surface area contributed by atoms with E-state index in [1.807, 2.05) is 13.8 Å². The van der Waals surface area contributed by atoms with Crippen LogP contribution in [0.4, 0.5) is 0 Å². The van der Waals surface area contributed by atoms with Gasteiger partial charge in [0.2, 0.25) is 0 Å². The van der Waals surface area contributed by atoms with Crippen LogP contribution in [0.5, 0.6) is 0 Å². The highest BCUT2D eigenvalue weighted by atomic mass is 32.1. The summed E-state index contributed by atoms with van der Waals surface area (Å²) in [6.45, 7) is 12.2. The van der Waals surface area contributed by atoms with Gasteiger partial charge in [0.1, 0.15) is 0 Å². The molecule has 1 heterocycles. The average molecular weight is 256 g/mol. The summed E-state index contributed by atoms with van der Waals surface area (Å²) in [6.07, 6.45) is 0.930. The molecule has 0 saturated carbocycles. The van der Waals surface area contributed by atoms with Crippen LogP contribution in [0, 0.1) is 6.92 Å². The standard InChI is InChI=1S/C13H24N2OS/c1-6-14-11(13(4,5)16-7-2)8-12-15-10(3)9-17-12/h9,11,14H,6-8H2,1-5H3. The van der Waals surface area contributed by atoms with E-state index in [2.05, 4.69) is 36.5 Å². The lowest BCUT2D eigenvalue weighted by Crippen LogP contribution is -2.50. The Morgan fingerprint density at radius 2 is 2.18 bits per heavy atom. The van der Waals surface area contributed by atoms with E-state index in [0.29, 0.717) is 6.04 Å². The molecule has 1 unspecified atom stereocenters. The summed E-state index contributed by atoms with van der Waals surface area (Å²) >= 11 is 1.73. The lowest BCUT2D eigenvalue weighted by molar-refractivity contribution is -0.0377. The molecule has 1 aromatic heterocycles. The number of hydrogen-bond donors (Lipinski definition) is 1. The van der Waals surface area contributed by atoms with E-state index in [1.165, 1.54) is 5.01 Å². The summed E-state index contributed by atoms with van der Waals surface area (Å²) in [5.41, 5.74) is 0.944. The Morgan fingerprint density at radius 1 is 1.47 bits per heavy atom. The first-order valence-electron chi connectivity index (χ1n) is 6.28. The molecule has 17 heavy (non-hydrogen) atoms. The molecule has 1 rings (SSSR count). The van der Waals surface area contributed by atoms with Crippen LogP contribution in [0.15, 0.2) is 5.38 Å². The lowest BCUT2D eigenvalue weighted by atomic mass is 9.95. The minimum atomic E-state index is -0.162. The van der Waals surface area contributed by atoms with Crippen molar-refractivity contribution >= 4 is 11.3 Å². The van der Waals surface area contributed by atoms with E-state index in [0.717, 1.165) is 25.3 Å². The molecule has 1 aromatic rings. The van der Waals surface area contributed by atoms with E-state index >= 15 is 0 Å². The highest BCUT2D eigenvalue weighted by Crippen LogP contribution is 2.20. The van der Waals surface area contributed by atoms with E-state index in [4.69, 9.17) is 4.74 Å². The third kappa shape index (κ3) is 4.37. The SMILES string of the molecule is CCNC(Cc1nc(C)cs1)C(C)(C)OCC. The largest absolute Gasteiger partial charge is 0.374 e. The smallest absolute Gasteiger partial charge is 0.0944 e. The Hall–Kier alpha value is -0.450. The zero-order valence-corrected chi connectivity index (χ0v) is 12.4. The number of ether oxygens (including phenoxy) is 1. The van der Waals surface area contributed by atoms with Gasteiger partial charge in [-0.25, -0.2) is 4.98 Å². The second kappa shape index (κ2) is 6.47. The summed E-state index contributed by atoms with van der Waals surface area (Å²) in [5, 5.41) is 6.79. The highest BCUT2D eigenvalue weighted by Gasteiger charge is 2.30. The molecule has 0 aliphatic rings. The molecule has 3 nitrogen and oxygen atoms in total. The molecule has 0 aromatic carbocycles. The summed E-state index contributed by atoms with van der Waals surface area (Å²) in [6, 6.07) is 0.304. The molecular weight excluding hydrogens is 232 g/mol. The van der Waals surface area contributed by atoms with Crippen LogP contribution in [0.1, 0.15) is 38.4 Å². The molecular formula is C13H24N2OS. The fourth-order valence-electron chi connectivity index (χ4n) is 1.95. The molecule has 0 aliphatic heterocycles. The minimum Gasteiger partial charge on any atom is -0.374 e. The number of likely N-dealkylation sites (N-methyl/N-ethyl adjacent to an activating group) is 1. The van der Waals surface area contributed by atoms with Gasteiger partial charge < -0.3 is 10.1 Å². The normalized spacial score (nSPS) is 13.9. The molecule has 0 radical (unpaired) electrons. The third-order valence-corrected chi connectivity index (χ3v) is 3.84. The van der Waals surface area contributed by atoms with E-state index < -0.39 is 0 Å². The quantitative estimate of drug-likeness (QED) is 0.814. The summed E-state index contributed by atoms with van der Waals surface area (Å²) in [7, 11) is 0. The fourth-order valence-corrected chi connectivity index (χ4v) is 2.77. The van der Waals surface area contributed by atoms with Gasteiger partial charge in [0.05, 0.1) is 10.6 Å². The first-order valence-corrected chi connectivity index (χ1v) is 7.16. The number of aryl methyl sites for hydroxylation is 1. The highest BCUT2D eigenvalue weighted by molar-refractivity contribution is 7.09. The predicted octanol–water partition coefficient (Wildman–Crippen LogP) is 2.79. The maximum Gasteiger partial charge on any atom is 0.0944 e. The number of nitrogens with zero attached hydrogens (tertiary/aromatic N) is 1. The van der Waals surface area contributed by atoms with Gasteiger partial charge in [-0.1, -0.05) is 6.92 Å². The fraction of sp³-hybridized carbons (Fsp3) is 0.769. The second-order valence-corrected chi connectivity index (χ2v) is 5.68. The Balaban J connectivity index is 2.71. The van der Waals surface area contributed by atoms with Crippen molar-refractivity contribution < 1.29 is 4.74 Å². The third-order valence-electron chi connectivity index (χ3n) is 2.85. The molecule has 1 atom stereocenters. The Labute approximate surface area is 109 Å². The Kier molecular flexibility index (Phi) is 5.56. The molecule has 98 valence electrons. The number of nitrogens with one attached hydrogen (secondary N) is 1. The summed E-state index contributed by atoms with van der Waals surface area (Å²) < 4.78 is 5.84. The molecule has 0 saturated heterocycles. The summed E-state index contributed by atoms with van der Waals surface area (Å²) in [5.74, 6) is 0. The van der Waals surface area contributed by atoms with Crippen LogP contribution in [-0.4, -0.2) is 29.8 Å². The molecule has 0 aliphatic carbocycles. The van der Waals surface area contributed by atoms with Gasteiger partial charge in [-0.05, 0) is 34.2 Å². The summed E-state index contributed by atoms with van der Waals surface area (Å²) in [4.78, 5) is 4.53. The number of rotatable bonds is 7. The molecule has 0 bridgehead atoms. The van der Waals surface area contributed by atoms with Crippen LogP contribution in [0.25, 0.3) is 0 Å². The maximum atomic E-state index is 5.84. The van der Waals surface area contributed by atoms with Crippen molar-refractivity contribution in [3.05, 3.63) is 16.1 Å². The van der Waals surface area contributed by atoms with Crippen molar-refractivity contribution in [3.8, 4) is 0 Å². The first-order chi connectivity index (χ1) is 7.99. The van der Waals surface area contributed by atoms with Crippen molar-refractivity contribution in [2.75, 3.05) is 13.2 Å². The molecule has 0 amide bonds. The maximum absolute atomic E-state index is 5.84. The van der Waals surface area contributed by atoms with Gasteiger partial charge >= 0.3 is 0 Å². The topological polar surface area (TPSA) is 34.2 Å². The van der Waals surface area contributed by atoms with Crippen molar-refractivity contribution in [1.29, 1.82) is 0 Å². The molecule has 4 heteroatoms. The Bertz CT molecular complexity index is 336.